The highest BCUT2D eigenvalue weighted by molar-refractivity contribution is 5.64. The molecule has 2 aromatic carbocycles. The molecule has 0 aliphatic carbocycles. The van der Waals surface area contributed by atoms with E-state index < -0.39 is 0 Å². The van der Waals surface area contributed by atoms with Crippen molar-refractivity contribution in [2.45, 2.75) is 6.42 Å². The van der Waals surface area contributed by atoms with Gasteiger partial charge in [0.15, 0.2) is 0 Å². The molecule has 0 spiro atoms. The normalized spacial score (nSPS) is 14.1. The van der Waals surface area contributed by atoms with Gasteiger partial charge in [0.2, 0.25) is 5.95 Å². The summed E-state index contributed by atoms with van der Waals surface area (Å²) in [6.45, 7) is 3.65. The van der Waals surface area contributed by atoms with Crippen LogP contribution in [0.15, 0.2) is 60.7 Å². The van der Waals surface area contributed by atoms with Crippen LogP contribution in [-0.2, 0) is 11.2 Å². The van der Waals surface area contributed by atoms with E-state index in [0.29, 0.717) is 25.7 Å². The Morgan fingerprint density at radius 1 is 0.964 bits per heavy atom. The maximum absolute atomic E-state index is 13.1. The van der Waals surface area contributed by atoms with Crippen molar-refractivity contribution in [2.75, 3.05) is 43.1 Å². The Balaban J connectivity index is 1.53. The highest BCUT2D eigenvalue weighted by Gasteiger charge is 2.16. The highest BCUT2D eigenvalue weighted by atomic mass is 19.1. The Kier molecular flexibility index (Phi) is 5.77. The van der Waals surface area contributed by atoms with Gasteiger partial charge < -0.3 is 15.0 Å². The average molecular weight is 378 g/mol. The van der Waals surface area contributed by atoms with Crippen molar-refractivity contribution in [2.24, 2.45) is 0 Å². The summed E-state index contributed by atoms with van der Waals surface area (Å²) < 4.78 is 18.5. The molecule has 0 radical (unpaired) electrons. The molecule has 0 saturated carbocycles. The summed E-state index contributed by atoms with van der Waals surface area (Å²) in [5.74, 6) is 1.29. The third-order valence-corrected chi connectivity index (χ3v) is 4.71. The first-order valence-corrected chi connectivity index (χ1v) is 9.53. The molecule has 1 saturated heterocycles. The molecular formula is C22H23FN4O. The molecule has 0 unspecified atom stereocenters. The Morgan fingerprint density at radius 3 is 2.46 bits per heavy atom. The monoisotopic (exact) mass is 378 g/mol. The zero-order chi connectivity index (χ0) is 19.2. The number of benzene rings is 2. The summed E-state index contributed by atoms with van der Waals surface area (Å²) >= 11 is 0. The van der Waals surface area contributed by atoms with Crippen LogP contribution in [0.3, 0.4) is 0 Å². The number of rotatable bonds is 6. The zero-order valence-electron chi connectivity index (χ0n) is 15.6. The minimum absolute atomic E-state index is 0.213. The van der Waals surface area contributed by atoms with Crippen LogP contribution in [-0.4, -0.2) is 42.8 Å². The first-order chi connectivity index (χ1) is 13.8. The second-order valence-corrected chi connectivity index (χ2v) is 6.71. The van der Waals surface area contributed by atoms with E-state index in [0.717, 1.165) is 42.1 Å². The fourth-order valence-electron chi connectivity index (χ4n) is 3.17. The van der Waals surface area contributed by atoms with Crippen LogP contribution >= 0.6 is 0 Å². The zero-order valence-corrected chi connectivity index (χ0v) is 15.6. The molecule has 2 heterocycles. The van der Waals surface area contributed by atoms with Crippen molar-refractivity contribution in [1.82, 2.24) is 9.97 Å². The Morgan fingerprint density at radius 2 is 1.71 bits per heavy atom. The number of hydrogen-bond acceptors (Lipinski definition) is 5. The molecule has 0 bridgehead atoms. The molecule has 1 aromatic heterocycles. The Labute approximate surface area is 164 Å². The number of morpholine rings is 1. The smallest absolute Gasteiger partial charge is 0.228 e. The second-order valence-electron chi connectivity index (χ2n) is 6.71. The maximum Gasteiger partial charge on any atom is 0.228 e. The van der Waals surface area contributed by atoms with E-state index in [4.69, 9.17) is 14.7 Å². The van der Waals surface area contributed by atoms with Crippen LogP contribution in [0.4, 0.5) is 16.2 Å². The lowest BCUT2D eigenvalue weighted by Gasteiger charge is -2.27. The Hall–Kier alpha value is -2.99. The van der Waals surface area contributed by atoms with Crippen LogP contribution in [0.1, 0.15) is 5.56 Å². The predicted molar refractivity (Wildman–Crippen MR) is 109 cm³/mol. The lowest BCUT2D eigenvalue weighted by Crippen LogP contribution is -2.37. The molecular weight excluding hydrogens is 355 g/mol. The molecule has 6 heteroatoms. The van der Waals surface area contributed by atoms with E-state index in [-0.39, 0.29) is 5.82 Å². The quantitative estimate of drug-likeness (QED) is 0.708. The maximum atomic E-state index is 13.1. The third kappa shape index (κ3) is 4.64. The van der Waals surface area contributed by atoms with Crippen LogP contribution in [0.25, 0.3) is 11.3 Å². The van der Waals surface area contributed by atoms with E-state index in [1.165, 1.54) is 12.1 Å². The van der Waals surface area contributed by atoms with E-state index >= 15 is 0 Å². The number of ether oxygens (including phenoxy) is 1. The summed E-state index contributed by atoms with van der Waals surface area (Å²) in [6.07, 6.45) is 0.790. The van der Waals surface area contributed by atoms with Crippen molar-refractivity contribution in [3.63, 3.8) is 0 Å². The molecule has 0 amide bonds. The fourth-order valence-corrected chi connectivity index (χ4v) is 3.17. The number of aromatic nitrogens is 2. The van der Waals surface area contributed by atoms with Crippen molar-refractivity contribution >= 4 is 11.8 Å². The summed E-state index contributed by atoms with van der Waals surface area (Å²) in [5.41, 5.74) is 3.03. The van der Waals surface area contributed by atoms with Crippen LogP contribution in [0.2, 0.25) is 0 Å². The van der Waals surface area contributed by atoms with Crippen molar-refractivity contribution in [1.29, 1.82) is 0 Å². The number of hydrogen-bond donors (Lipinski definition) is 1. The van der Waals surface area contributed by atoms with Gasteiger partial charge in [-0.25, -0.2) is 9.37 Å². The van der Waals surface area contributed by atoms with Gasteiger partial charge in [0, 0.05) is 31.3 Å². The largest absolute Gasteiger partial charge is 0.378 e. The molecule has 1 aliphatic heterocycles. The number of nitrogens with one attached hydrogen (secondary N) is 1. The van der Waals surface area contributed by atoms with Gasteiger partial charge in [-0.1, -0.05) is 42.5 Å². The molecule has 28 heavy (non-hydrogen) atoms. The van der Waals surface area contributed by atoms with Gasteiger partial charge in [-0.3, -0.25) is 0 Å². The van der Waals surface area contributed by atoms with Crippen LogP contribution in [0.5, 0.6) is 0 Å². The SMILES string of the molecule is Fc1ccc(CCNc2cc(-c3ccccc3)nc(N3CCOCC3)n2)cc1. The van der Waals surface area contributed by atoms with E-state index in [2.05, 4.69) is 10.2 Å². The molecule has 0 atom stereocenters. The summed E-state index contributed by atoms with van der Waals surface area (Å²) in [5, 5.41) is 3.39. The molecule has 1 aliphatic rings. The van der Waals surface area contributed by atoms with Gasteiger partial charge in [0.25, 0.3) is 0 Å². The topological polar surface area (TPSA) is 50.3 Å². The van der Waals surface area contributed by atoms with Gasteiger partial charge in [-0.05, 0) is 24.1 Å². The van der Waals surface area contributed by atoms with Gasteiger partial charge in [0.1, 0.15) is 11.6 Å². The Bertz CT molecular complexity index is 896. The van der Waals surface area contributed by atoms with Crippen molar-refractivity contribution in [3.05, 3.63) is 72.0 Å². The fraction of sp³-hybridized carbons (Fsp3) is 0.273. The average Bonchev–Trinajstić information content (AvgIpc) is 2.76. The van der Waals surface area contributed by atoms with Gasteiger partial charge in [-0.15, -0.1) is 0 Å². The molecule has 5 nitrogen and oxygen atoms in total. The van der Waals surface area contributed by atoms with Crippen LogP contribution in [0, 0.1) is 5.82 Å². The second kappa shape index (κ2) is 8.80. The van der Waals surface area contributed by atoms with Crippen molar-refractivity contribution in [3.8, 4) is 11.3 Å². The molecule has 4 rings (SSSR count). The molecule has 1 fully saturated rings. The van der Waals surface area contributed by atoms with E-state index in [1.54, 1.807) is 0 Å². The summed E-state index contributed by atoms with van der Waals surface area (Å²) in [6, 6.07) is 18.7. The van der Waals surface area contributed by atoms with Crippen molar-refractivity contribution < 1.29 is 9.13 Å². The van der Waals surface area contributed by atoms with E-state index in [9.17, 15) is 4.39 Å². The highest BCUT2D eigenvalue weighted by Crippen LogP contribution is 2.23. The van der Waals surface area contributed by atoms with E-state index in [1.807, 2.05) is 48.5 Å². The standard InChI is InChI=1S/C22H23FN4O/c23-19-8-6-17(7-9-19)10-11-24-21-16-20(18-4-2-1-3-5-18)25-22(26-21)27-12-14-28-15-13-27/h1-9,16H,10-15H2,(H,24,25,26). The lowest BCUT2D eigenvalue weighted by molar-refractivity contribution is 0.122. The number of nitrogens with zero attached hydrogens (tertiary/aromatic N) is 3. The minimum Gasteiger partial charge on any atom is -0.378 e. The minimum atomic E-state index is -0.213. The molecule has 1 N–H and O–H groups in total. The van der Waals surface area contributed by atoms with Crippen LogP contribution < -0.4 is 10.2 Å². The number of halogens is 1. The predicted octanol–water partition coefficient (Wildman–Crippen LogP) is 3.77. The molecule has 144 valence electrons. The lowest BCUT2D eigenvalue weighted by atomic mass is 10.1. The number of anilines is 2. The summed E-state index contributed by atoms with van der Waals surface area (Å²) in [7, 11) is 0. The first-order valence-electron chi connectivity index (χ1n) is 9.53. The van der Waals surface area contributed by atoms with Gasteiger partial charge in [0.05, 0.1) is 18.9 Å². The first kappa shape index (κ1) is 18.4. The summed E-state index contributed by atoms with van der Waals surface area (Å²) in [4.78, 5) is 11.7. The van der Waals surface area contributed by atoms with Gasteiger partial charge >= 0.3 is 0 Å². The third-order valence-electron chi connectivity index (χ3n) is 4.71. The van der Waals surface area contributed by atoms with Gasteiger partial charge in [-0.2, -0.15) is 4.98 Å². The molecule has 3 aromatic rings.